The number of anilines is 1. The van der Waals surface area contributed by atoms with Gasteiger partial charge in [-0.25, -0.2) is 4.98 Å². The minimum Gasteiger partial charge on any atom is -0.485 e. The average molecular weight is 449 g/mol. The van der Waals surface area contributed by atoms with Crippen LogP contribution in [0.1, 0.15) is 18.2 Å². The maximum Gasteiger partial charge on any atom is 0.223 e. The first kappa shape index (κ1) is 21.6. The molecule has 9 heteroatoms. The van der Waals surface area contributed by atoms with Gasteiger partial charge in [0.05, 0.1) is 16.4 Å². The highest BCUT2D eigenvalue weighted by atomic mass is 35.5. The first-order valence-electron chi connectivity index (χ1n) is 7.78. The van der Waals surface area contributed by atoms with Crippen LogP contribution < -0.4 is 9.64 Å². The van der Waals surface area contributed by atoms with E-state index in [0.717, 1.165) is 0 Å². The summed E-state index contributed by atoms with van der Waals surface area (Å²) in [6.45, 7) is 3.42. The Bertz CT molecular complexity index is 1000. The van der Waals surface area contributed by atoms with Crippen LogP contribution in [-0.2, 0) is 11.4 Å². The van der Waals surface area contributed by atoms with Crippen LogP contribution >= 0.6 is 47.2 Å². The van der Waals surface area contributed by atoms with Crippen molar-refractivity contribution in [3.63, 3.8) is 0 Å². The van der Waals surface area contributed by atoms with E-state index in [1.807, 2.05) is 19.2 Å². The lowest BCUT2D eigenvalue weighted by Crippen LogP contribution is -2.23. The number of hydrogen-bond acceptors (Lipinski definition) is 3. The Morgan fingerprint density at radius 2 is 1.96 bits per heavy atom. The minimum atomic E-state index is -0.131. The Morgan fingerprint density at radius 1 is 1.26 bits per heavy atom. The molecule has 0 radical (unpaired) electrons. The second-order valence-corrected chi connectivity index (χ2v) is 6.92. The van der Waals surface area contributed by atoms with Gasteiger partial charge in [-0.2, -0.15) is 0 Å². The minimum absolute atomic E-state index is 0. The molecule has 2 aromatic heterocycles. The van der Waals surface area contributed by atoms with Gasteiger partial charge in [-0.1, -0.05) is 34.8 Å². The van der Waals surface area contributed by atoms with Gasteiger partial charge >= 0.3 is 0 Å². The van der Waals surface area contributed by atoms with Gasteiger partial charge in [-0.15, -0.1) is 12.4 Å². The first-order chi connectivity index (χ1) is 12.3. The van der Waals surface area contributed by atoms with Crippen molar-refractivity contribution in [2.24, 2.45) is 0 Å². The summed E-state index contributed by atoms with van der Waals surface area (Å²) < 4.78 is 7.66. The average Bonchev–Trinajstić information content (AvgIpc) is 2.89. The van der Waals surface area contributed by atoms with Crippen molar-refractivity contribution in [3.8, 4) is 5.75 Å². The quantitative estimate of drug-likeness (QED) is 0.522. The van der Waals surface area contributed by atoms with Crippen molar-refractivity contribution in [2.45, 2.75) is 20.5 Å². The third-order valence-electron chi connectivity index (χ3n) is 4.09. The van der Waals surface area contributed by atoms with E-state index >= 15 is 0 Å². The van der Waals surface area contributed by atoms with Crippen LogP contribution in [0.4, 0.5) is 5.69 Å². The zero-order chi connectivity index (χ0) is 19.0. The molecule has 0 N–H and O–H groups in total. The van der Waals surface area contributed by atoms with E-state index < -0.39 is 0 Å². The van der Waals surface area contributed by atoms with E-state index in [1.165, 1.54) is 11.8 Å². The molecule has 2 heterocycles. The van der Waals surface area contributed by atoms with Crippen LogP contribution in [0.15, 0.2) is 30.5 Å². The normalized spacial score (nSPS) is 10.6. The Balaban J connectivity index is 0.00000261. The zero-order valence-corrected chi connectivity index (χ0v) is 17.9. The summed E-state index contributed by atoms with van der Waals surface area (Å²) in [4.78, 5) is 17.5. The topological polar surface area (TPSA) is 46.8 Å². The van der Waals surface area contributed by atoms with Gasteiger partial charge in [-0.3, -0.25) is 9.20 Å². The second kappa shape index (κ2) is 8.57. The number of benzene rings is 1. The predicted molar refractivity (Wildman–Crippen MR) is 112 cm³/mol. The van der Waals surface area contributed by atoms with E-state index in [-0.39, 0.29) is 24.9 Å². The summed E-state index contributed by atoms with van der Waals surface area (Å²) in [6, 6.07) is 7.01. The number of carbonyl (C=O) groups excluding carboxylic acids is 1. The molecule has 3 rings (SSSR count). The molecule has 0 aliphatic rings. The van der Waals surface area contributed by atoms with Crippen molar-refractivity contribution < 1.29 is 9.53 Å². The highest BCUT2D eigenvalue weighted by molar-refractivity contribution is 6.38. The van der Waals surface area contributed by atoms with Crippen LogP contribution in [0.25, 0.3) is 5.65 Å². The molecule has 0 spiro atoms. The summed E-state index contributed by atoms with van der Waals surface area (Å²) in [7, 11) is 1.65. The molecule has 1 amide bonds. The number of amides is 1. The van der Waals surface area contributed by atoms with Crippen molar-refractivity contribution in [2.75, 3.05) is 11.9 Å². The maximum absolute atomic E-state index is 11.6. The molecule has 0 saturated carbocycles. The zero-order valence-electron chi connectivity index (χ0n) is 14.8. The number of rotatable bonds is 4. The van der Waals surface area contributed by atoms with Crippen molar-refractivity contribution in [3.05, 3.63) is 56.9 Å². The third-order valence-corrected chi connectivity index (χ3v) is 5.32. The number of imidazole rings is 1. The summed E-state index contributed by atoms with van der Waals surface area (Å²) in [5.74, 6) is 0.424. The van der Waals surface area contributed by atoms with Gasteiger partial charge in [0, 0.05) is 30.8 Å². The Kier molecular flexibility index (Phi) is 6.87. The van der Waals surface area contributed by atoms with E-state index in [4.69, 9.17) is 39.5 Å². The van der Waals surface area contributed by atoms with E-state index in [9.17, 15) is 4.79 Å². The summed E-state index contributed by atoms with van der Waals surface area (Å²) in [5.41, 5.74) is 2.48. The van der Waals surface area contributed by atoms with Gasteiger partial charge in [0.15, 0.2) is 11.4 Å². The van der Waals surface area contributed by atoms with Gasteiger partial charge in [0.25, 0.3) is 0 Å². The van der Waals surface area contributed by atoms with E-state index in [1.54, 1.807) is 29.6 Å². The Labute approximate surface area is 178 Å². The second-order valence-electron chi connectivity index (χ2n) is 5.78. The predicted octanol–water partition coefficient (Wildman–Crippen LogP) is 5.59. The number of ether oxygens (including phenoxy) is 1. The van der Waals surface area contributed by atoms with Gasteiger partial charge < -0.3 is 9.64 Å². The van der Waals surface area contributed by atoms with Crippen LogP contribution in [0.5, 0.6) is 5.75 Å². The first-order valence-corrected chi connectivity index (χ1v) is 8.91. The highest BCUT2D eigenvalue weighted by Crippen LogP contribution is 2.35. The number of nitrogens with zero attached hydrogens (tertiary/aromatic N) is 3. The fraction of sp³-hybridized carbons (Fsp3) is 0.222. The molecule has 0 atom stereocenters. The van der Waals surface area contributed by atoms with Crippen molar-refractivity contribution in [1.82, 2.24) is 9.38 Å². The van der Waals surface area contributed by atoms with Gasteiger partial charge in [-0.05, 0) is 31.2 Å². The lowest BCUT2D eigenvalue weighted by Gasteiger charge is -2.19. The van der Waals surface area contributed by atoms with Crippen LogP contribution in [0.2, 0.25) is 15.2 Å². The summed E-state index contributed by atoms with van der Waals surface area (Å²) in [6.07, 6.45) is 1.81. The fourth-order valence-electron chi connectivity index (χ4n) is 2.54. The third kappa shape index (κ3) is 4.11. The summed E-state index contributed by atoms with van der Waals surface area (Å²) in [5, 5.41) is 1.37. The molecule has 1 aromatic carbocycles. The largest absolute Gasteiger partial charge is 0.485 e. The highest BCUT2D eigenvalue weighted by Gasteiger charge is 2.17. The maximum atomic E-state index is 11.6. The molecule has 0 fully saturated rings. The summed E-state index contributed by atoms with van der Waals surface area (Å²) >= 11 is 19.0. The smallest absolute Gasteiger partial charge is 0.223 e. The molecule has 0 aliphatic carbocycles. The molecule has 0 saturated heterocycles. The van der Waals surface area contributed by atoms with Crippen molar-refractivity contribution in [1.29, 1.82) is 0 Å². The molecule has 144 valence electrons. The van der Waals surface area contributed by atoms with Crippen LogP contribution in [0.3, 0.4) is 0 Å². The van der Waals surface area contributed by atoms with Crippen LogP contribution in [-0.4, -0.2) is 22.3 Å². The molecule has 0 bridgehead atoms. The van der Waals surface area contributed by atoms with E-state index in [0.29, 0.717) is 43.5 Å². The Morgan fingerprint density at radius 3 is 2.63 bits per heavy atom. The Hall–Kier alpha value is -1.66. The fourth-order valence-corrected chi connectivity index (χ4v) is 3.32. The number of carbonyl (C=O) groups is 1. The standard InChI is InChI=1S/C18H16Cl3N3O2.ClH/c1-10-17(21)24-8-4-5-15(18(24)22-10)26-9-12-13(19)6-7-14(16(12)20)23(3)11(2)25;/h4-8H,9H2,1-3H3;1H. The van der Waals surface area contributed by atoms with Gasteiger partial charge in [0.2, 0.25) is 5.91 Å². The molecule has 0 aliphatic heterocycles. The monoisotopic (exact) mass is 447 g/mol. The molecule has 5 nitrogen and oxygen atoms in total. The number of hydrogen-bond donors (Lipinski definition) is 0. The van der Waals surface area contributed by atoms with Crippen molar-refractivity contribution >= 4 is 64.5 Å². The molecule has 0 unspecified atom stereocenters. The van der Waals surface area contributed by atoms with Gasteiger partial charge in [0.1, 0.15) is 11.8 Å². The number of aryl methyl sites for hydroxylation is 1. The molecule has 3 aromatic rings. The molecule has 27 heavy (non-hydrogen) atoms. The number of fused-ring (bicyclic) bond motifs is 1. The number of halogens is 4. The lowest BCUT2D eigenvalue weighted by atomic mass is 10.2. The van der Waals surface area contributed by atoms with Crippen LogP contribution in [0, 0.1) is 6.92 Å². The lowest BCUT2D eigenvalue weighted by molar-refractivity contribution is -0.116. The molecular formula is C18H17Cl4N3O2. The van der Waals surface area contributed by atoms with E-state index in [2.05, 4.69) is 4.98 Å². The number of pyridine rings is 1. The molecular weight excluding hydrogens is 432 g/mol. The SMILES string of the molecule is CC(=O)N(C)c1ccc(Cl)c(COc2cccn3c(Cl)c(C)nc23)c1Cl.Cl. The number of aromatic nitrogens is 2.